The van der Waals surface area contributed by atoms with Crippen molar-refractivity contribution >= 4 is 11.9 Å². The molecule has 6 nitrogen and oxygen atoms in total. The normalized spacial score (nSPS) is 17.5. The summed E-state index contributed by atoms with van der Waals surface area (Å²) < 4.78 is 13.8. The van der Waals surface area contributed by atoms with Gasteiger partial charge in [0, 0.05) is 13.2 Å². The fraction of sp³-hybridized carbons (Fsp3) is 0.333. The van der Waals surface area contributed by atoms with Crippen molar-refractivity contribution in [3.05, 3.63) is 23.7 Å². The molecule has 6 heteroatoms. The van der Waals surface area contributed by atoms with E-state index < -0.39 is 17.7 Å². The molecular formula is C9H10O6. The van der Waals surface area contributed by atoms with E-state index >= 15 is 0 Å². The number of methoxy groups -OCH3 is 1. The van der Waals surface area contributed by atoms with Crippen LogP contribution in [-0.4, -0.2) is 37.4 Å². The maximum Gasteiger partial charge on any atom is 0.378 e. The van der Waals surface area contributed by atoms with Crippen LogP contribution in [0.5, 0.6) is 0 Å². The second-order valence-electron chi connectivity index (χ2n) is 2.63. The Morgan fingerprint density at radius 3 is 2.87 bits per heavy atom. The van der Waals surface area contributed by atoms with Gasteiger partial charge >= 0.3 is 11.9 Å². The Balaban J connectivity index is 2.44. The lowest BCUT2D eigenvalue weighted by Gasteiger charge is -2.00. The molecule has 0 aromatic carbocycles. The Kier molecular flexibility index (Phi) is 3.87. The molecule has 0 bridgehead atoms. The zero-order chi connectivity index (χ0) is 11.3. The van der Waals surface area contributed by atoms with Crippen LogP contribution in [0.15, 0.2) is 23.7 Å². The van der Waals surface area contributed by atoms with E-state index in [9.17, 15) is 9.59 Å². The number of aliphatic hydroxyl groups excluding tert-OH is 1. The Bertz CT molecular complexity index is 327. The van der Waals surface area contributed by atoms with Gasteiger partial charge < -0.3 is 19.3 Å². The van der Waals surface area contributed by atoms with Gasteiger partial charge in [0.05, 0.1) is 12.7 Å². The summed E-state index contributed by atoms with van der Waals surface area (Å²) in [7, 11) is 1.48. The number of rotatable bonds is 4. The van der Waals surface area contributed by atoms with E-state index in [0.717, 1.165) is 12.2 Å². The van der Waals surface area contributed by atoms with Crippen molar-refractivity contribution < 1.29 is 28.9 Å². The highest BCUT2D eigenvalue weighted by Crippen LogP contribution is 2.14. The summed E-state index contributed by atoms with van der Waals surface area (Å²) in [5.41, 5.74) is 0. The first-order valence-electron chi connectivity index (χ1n) is 4.13. The largest absolute Gasteiger partial charge is 0.502 e. The lowest BCUT2D eigenvalue weighted by atomic mass is 10.4. The molecule has 1 rings (SSSR count). The number of hydrogen-bond acceptors (Lipinski definition) is 6. The van der Waals surface area contributed by atoms with E-state index in [4.69, 9.17) is 5.11 Å². The van der Waals surface area contributed by atoms with Crippen molar-refractivity contribution in [1.29, 1.82) is 0 Å². The number of ether oxygens (including phenoxy) is 3. The van der Waals surface area contributed by atoms with Gasteiger partial charge in [0.25, 0.3) is 0 Å². The molecule has 0 aliphatic carbocycles. The number of aliphatic hydroxyl groups is 1. The highest BCUT2D eigenvalue weighted by Gasteiger charge is 2.20. The van der Waals surface area contributed by atoms with Crippen molar-refractivity contribution in [1.82, 2.24) is 0 Å². The van der Waals surface area contributed by atoms with Crippen LogP contribution in [0, 0.1) is 0 Å². The van der Waals surface area contributed by atoms with Gasteiger partial charge in [-0.1, -0.05) is 0 Å². The van der Waals surface area contributed by atoms with Gasteiger partial charge in [-0.05, 0) is 0 Å². The average molecular weight is 214 g/mol. The minimum absolute atomic E-state index is 0.0417. The molecule has 1 N–H and O–H groups in total. The van der Waals surface area contributed by atoms with Crippen LogP contribution < -0.4 is 0 Å². The number of allylic oxidation sites excluding steroid dienone is 1. The van der Waals surface area contributed by atoms with Crippen LogP contribution in [0.1, 0.15) is 0 Å². The maximum absolute atomic E-state index is 11.0. The minimum Gasteiger partial charge on any atom is -0.502 e. The lowest BCUT2D eigenvalue weighted by Crippen LogP contribution is -2.08. The van der Waals surface area contributed by atoms with Crippen LogP contribution in [-0.2, 0) is 23.8 Å². The van der Waals surface area contributed by atoms with Crippen LogP contribution in [0.4, 0.5) is 0 Å². The standard InChI is InChI=1S/C9H10O6/c1-13-2-3-14-8(11)5-6-4-7(10)9(12)15-6/h4-5,10H,2-3H2,1H3/b6-5+. The summed E-state index contributed by atoms with van der Waals surface area (Å²) in [6, 6.07) is 0. The monoisotopic (exact) mass is 214 g/mol. The molecule has 1 aliphatic rings. The molecular weight excluding hydrogens is 204 g/mol. The first-order valence-corrected chi connectivity index (χ1v) is 4.13. The third kappa shape index (κ3) is 3.43. The molecule has 0 aromatic rings. The number of hydrogen-bond donors (Lipinski definition) is 1. The van der Waals surface area contributed by atoms with Crippen molar-refractivity contribution in [2.24, 2.45) is 0 Å². The van der Waals surface area contributed by atoms with Crippen molar-refractivity contribution in [3.63, 3.8) is 0 Å². The quantitative estimate of drug-likeness (QED) is 0.404. The first kappa shape index (κ1) is 11.3. The Labute approximate surface area is 85.7 Å². The fourth-order valence-electron chi connectivity index (χ4n) is 0.837. The molecule has 0 radical (unpaired) electrons. The molecule has 15 heavy (non-hydrogen) atoms. The van der Waals surface area contributed by atoms with Crippen LogP contribution in [0.2, 0.25) is 0 Å². The predicted molar refractivity (Wildman–Crippen MR) is 47.7 cm³/mol. The van der Waals surface area contributed by atoms with Gasteiger partial charge in [-0.25, -0.2) is 9.59 Å². The van der Waals surface area contributed by atoms with Crippen molar-refractivity contribution in [2.45, 2.75) is 0 Å². The molecule has 0 aromatic heterocycles. The van der Waals surface area contributed by atoms with E-state index in [2.05, 4.69) is 14.2 Å². The smallest absolute Gasteiger partial charge is 0.378 e. The number of carbonyl (C=O) groups excluding carboxylic acids is 2. The van der Waals surface area contributed by atoms with Crippen LogP contribution >= 0.6 is 0 Å². The summed E-state index contributed by atoms with van der Waals surface area (Å²) in [6.45, 7) is 0.401. The highest BCUT2D eigenvalue weighted by molar-refractivity contribution is 5.92. The molecule has 0 atom stereocenters. The van der Waals surface area contributed by atoms with E-state index in [1.807, 2.05) is 0 Å². The number of esters is 2. The minimum atomic E-state index is -0.883. The highest BCUT2D eigenvalue weighted by atomic mass is 16.6. The molecule has 0 saturated heterocycles. The summed E-state index contributed by atoms with van der Waals surface area (Å²) >= 11 is 0. The maximum atomic E-state index is 11.0. The molecule has 0 unspecified atom stereocenters. The van der Waals surface area contributed by atoms with Gasteiger partial charge in [0.1, 0.15) is 12.4 Å². The van der Waals surface area contributed by atoms with Crippen molar-refractivity contribution in [2.75, 3.05) is 20.3 Å². The second-order valence-corrected chi connectivity index (χ2v) is 2.63. The van der Waals surface area contributed by atoms with Crippen LogP contribution in [0.25, 0.3) is 0 Å². The zero-order valence-corrected chi connectivity index (χ0v) is 8.06. The first-order chi connectivity index (χ1) is 7.13. The fourth-order valence-corrected chi connectivity index (χ4v) is 0.837. The third-order valence-corrected chi connectivity index (χ3v) is 1.49. The van der Waals surface area contributed by atoms with Gasteiger partial charge in [0.2, 0.25) is 5.76 Å². The van der Waals surface area contributed by atoms with Gasteiger partial charge in [-0.3, -0.25) is 0 Å². The van der Waals surface area contributed by atoms with Gasteiger partial charge in [0.15, 0.2) is 0 Å². The molecule has 0 amide bonds. The number of carbonyl (C=O) groups is 2. The Morgan fingerprint density at radius 1 is 1.60 bits per heavy atom. The SMILES string of the molecule is COCCOC(=O)/C=C1\C=C(O)C(=O)O1. The lowest BCUT2D eigenvalue weighted by molar-refractivity contribution is -0.139. The van der Waals surface area contributed by atoms with E-state index in [-0.39, 0.29) is 19.0 Å². The average Bonchev–Trinajstić information content (AvgIpc) is 2.46. The molecule has 1 aliphatic heterocycles. The van der Waals surface area contributed by atoms with Gasteiger partial charge in [-0.15, -0.1) is 0 Å². The summed E-state index contributed by atoms with van der Waals surface area (Å²) in [4.78, 5) is 21.7. The molecule has 0 spiro atoms. The summed E-state index contributed by atoms with van der Waals surface area (Å²) in [5.74, 6) is -2.13. The summed E-state index contributed by atoms with van der Waals surface area (Å²) in [5, 5.41) is 8.87. The molecule has 82 valence electrons. The topological polar surface area (TPSA) is 82.1 Å². The predicted octanol–water partition coefficient (Wildman–Crippen LogP) is 0.0586. The summed E-state index contributed by atoms with van der Waals surface area (Å²) in [6.07, 6.45) is 2.01. The van der Waals surface area contributed by atoms with E-state index in [1.165, 1.54) is 7.11 Å². The molecule has 1 heterocycles. The van der Waals surface area contributed by atoms with Crippen LogP contribution in [0.3, 0.4) is 0 Å². The zero-order valence-electron chi connectivity index (χ0n) is 8.06. The molecule has 0 saturated carbocycles. The second kappa shape index (κ2) is 5.16. The number of cyclic esters (lactones) is 1. The van der Waals surface area contributed by atoms with E-state index in [1.54, 1.807) is 0 Å². The molecule has 0 fully saturated rings. The van der Waals surface area contributed by atoms with Crippen molar-refractivity contribution in [3.8, 4) is 0 Å². The third-order valence-electron chi connectivity index (χ3n) is 1.49. The Hall–Kier alpha value is -1.82. The Morgan fingerprint density at radius 2 is 2.33 bits per heavy atom. The van der Waals surface area contributed by atoms with Gasteiger partial charge in [-0.2, -0.15) is 0 Å². The van der Waals surface area contributed by atoms with E-state index in [0.29, 0.717) is 0 Å².